The number of ether oxygens (including phenoxy) is 3. The van der Waals surface area contributed by atoms with Crippen molar-refractivity contribution < 1.29 is 24.1 Å². The number of Topliss-reactive ketones (excluding diaryl/α,β-unsaturated/α-hetero) is 1. The first-order chi connectivity index (χ1) is 16.1. The highest BCUT2D eigenvalue weighted by Gasteiger charge is 2.66. The van der Waals surface area contributed by atoms with Crippen LogP contribution in [0.4, 0.5) is 0 Å². The lowest BCUT2D eigenvalue weighted by molar-refractivity contribution is -0.289. The lowest BCUT2D eigenvalue weighted by Gasteiger charge is -2.59. The van der Waals surface area contributed by atoms with Crippen LogP contribution in [0.25, 0.3) is 0 Å². The van der Waals surface area contributed by atoms with Crippen LogP contribution >= 0.6 is 0 Å². The van der Waals surface area contributed by atoms with Crippen LogP contribution in [0.5, 0.6) is 0 Å². The van der Waals surface area contributed by atoms with E-state index in [-0.39, 0.29) is 34.9 Å². The minimum Gasteiger partial charge on any atom is -0.389 e. The summed E-state index contributed by atoms with van der Waals surface area (Å²) in [5, 5.41) is 12.6. The first-order valence-corrected chi connectivity index (χ1v) is 14.4. The second-order valence-electron chi connectivity index (χ2n) is 14.6. The topological polar surface area (TPSA) is 65.0 Å². The van der Waals surface area contributed by atoms with Gasteiger partial charge in [-0.1, -0.05) is 27.7 Å². The normalized spacial score (nSPS) is 52.9. The Kier molecular flexibility index (Phi) is 5.98. The number of carbonyl (C=O) groups excluding carboxylic acids is 1. The molecule has 0 aromatic heterocycles. The number of aliphatic hydroxyl groups is 1. The molecule has 1 unspecified atom stereocenters. The highest BCUT2D eigenvalue weighted by atomic mass is 16.8. The van der Waals surface area contributed by atoms with Crippen molar-refractivity contribution in [3.05, 3.63) is 0 Å². The Balaban J connectivity index is 1.43. The minimum absolute atomic E-state index is 0.0308. The summed E-state index contributed by atoms with van der Waals surface area (Å²) in [4.78, 5) is 12.9. The van der Waals surface area contributed by atoms with Gasteiger partial charge >= 0.3 is 0 Å². The van der Waals surface area contributed by atoms with Gasteiger partial charge in [-0.3, -0.25) is 4.79 Å². The highest BCUT2D eigenvalue weighted by Crippen LogP contribution is 2.64. The fraction of sp³-hybridized carbons (Fsp3) is 0.967. The van der Waals surface area contributed by atoms with Crippen molar-refractivity contribution in [2.24, 2.45) is 28.6 Å². The van der Waals surface area contributed by atoms with Gasteiger partial charge in [0.2, 0.25) is 0 Å². The molecule has 200 valence electrons. The lowest BCUT2D eigenvalue weighted by atomic mass is 9.51. The zero-order valence-electron chi connectivity index (χ0n) is 23.5. The molecule has 2 bridgehead atoms. The molecule has 0 aromatic rings. The Labute approximate surface area is 213 Å². The number of rotatable bonds is 3. The van der Waals surface area contributed by atoms with Crippen LogP contribution in [0.2, 0.25) is 0 Å². The fourth-order valence-electron chi connectivity index (χ4n) is 9.10. The molecule has 5 fully saturated rings. The van der Waals surface area contributed by atoms with E-state index >= 15 is 0 Å². The van der Waals surface area contributed by atoms with Gasteiger partial charge < -0.3 is 19.3 Å². The maximum Gasteiger partial charge on any atom is 0.172 e. The lowest BCUT2D eigenvalue weighted by Crippen LogP contribution is -2.62. The Morgan fingerprint density at radius 2 is 1.51 bits per heavy atom. The van der Waals surface area contributed by atoms with Crippen LogP contribution in [0.1, 0.15) is 120 Å². The van der Waals surface area contributed by atoms with Crippen LogP contribution < -0.4 is 0 Å². The Morgan fingerprint density at radius 3 is 2.23 bits per heavy atom. The van der Waals surface area contributed by atoms with Crippen molar-refractivity contribution in [1.29, 1.82) is 0 Å². The number of carbonyl (C=O) groups is 1. The first-order valence-electron chi connectivity index (χ1n) is 14.4. The van der Waals surface area contributed by atoms with Gasteiger partial charge in [-0.25, -0.2) is 0 Å². The van der Waals surface area contributed by atoms with E-state index in [0.29, 0.717) is 24.7 Å². The average Bonchev–Trinajstić information content (AvgIpc) is 2.92. The molecule has 9 atom stereocenters. The van der Waals surface area contributed by atoms with Gasteiger partial charge in [0.05, 0.1) is 23.4 Å². The number of hydrogen-bond acceptors (Lipinski definition) is 5. The summed E-state index contributed by atoms with van der Waals surface area (Å²) in [6.07, 6.45) is 9.04. The van der Waals surface area contributed by atoms with Crippen molar-refractivity contribution in [2.75, 3.05) is 0 Å². The van der Waals surface area contributed by atoms with E-state index < -0.39 is 22.4 Å². The molecule has 5 nitrogen and oxygen atoms in total. The summed E-state index contributed by atoms with van der Waals surface area (Å²) < 4.78 is 20.0. The van der Waals surface area contributed by atoms with E-state index in [4.69, 9.17) is 14.2 Å². The molecule has 35 heavy (non-hydrogen) atoms. The third-order valence-corrected chi connectivity index (χ3v) is 12.1. The molecule has 1 spiro atoms. The molecule has 5 aliphatic rings. The van der Waals surface area contributed by atoms with E-state index in [1.165, 1.54) is 0 Å². The zero-order valence-corrected chi connectivity index (χ0v) is 23.5. The molecular weight excluding hydrogens is 440 g/mol. The van der Waals surface area contributed by atoms with Gasteiger partial charge in [0.25, 0.3) is 0 Å². The summed E-state index contributed by atoms with van der Waals surface area (Å²) >= 11 is 0. The quantitative estimate of drug-likeness (QED) is 0.510. The second-order valence-corrected chi connectivity index (χ2v) is 14.6. The molecule has 5 rings (SSSR count). The van der Waals surface area contributed by atoms with Gasteiger partial charge in [0.15, 0.2) is 11.6 Å². The molecular formula is C30H50O5. The van der Waals surface area contributed by atoms with Gasteiger partial charge in [-0.05, 0) is 96.3 Å². The van der Waals surface area contributed by atoms with Crippen molar-refractivity contribution in [3.63, 3.8) is 0 Å². The second kappa shape index (κ2) is 8.01. The molecule has 2 saturated carbocycles. The van der Waals surface area contributed by atoms with Crippen molar-refractivity contribution in [3.8, 4) is 0 Å². The molecule has 3 saturated heterocycles. The molecule has 1 N–H and O–H groups in total. The summed E-state index contributed by atoms with van der Waals surface area (Å²) in [5.41, 5.74) is -2.27. The van der Waals surface area contributed by atoms with E-state index in [0.717, 1.165) is 51.4 Å². The smallest absolute Gasteiger partial charge is 0.172 e. The highest BCUT2D eigenvalue weighted by molar-refractivity contribution is 5.86. The Morgan fingerprint density at radius 1 is 0.829 bits per heavy atom. The number of hydrogen-bond donors (Lipinski definition) is 1. The van der Waals surface area contributed by atoms with Crippen molar-refractivity contribution in [2.45, 2.75) is 154 Å². The van der Waals surface area contributed by atoms with Gasteiger partial charge in [0, 0.05) is 24.2 Å². The SMILES string of the molecule is C[C@@H]1CC[C@]23O[C@H](CCC2[C@@]1(C)CC[C@]1(O)[C@@H](C)CC[C@@H]2OC(C)(C)C(=O)CC[C@]21C)C(C)(C)O3. The molecule has 0 aromatic carbocycles. The predicted octanol–water partition coefficient (Wildman–Crippen LogP) is 6.20. The molecule has 2 aliphatic carbocycles. The van der Waals surface area contributed by atoms with Crippen LogP contribution in [0, 0.1) is 28.6 Å². The van der Waals surface area contributed by atoms with Crippen molar-refractivity contribution in [1.82, 2.24) is 0 Å². The van der Waals surface area contributed by atoms with Crippen LogP contribution in [-0.4, -0.2) is 45.7 Å². The number of ketones is 1. The summed E-state index contributed by atoms with van der Waals surface area (Å²) in [7, 11) is 0. The predicted molar refractivity (Wildman–Crippen MR) is 136 cm³/mol. The zero-order chi connectivity index (χ0) is 25.7. The molecule has 0 amide bonds. The van der Waals surface area contributed by atoms with Gasteiger partial charge in [-0.15, -0.1) is 0 Å². The van der Waals surface area contributed by atoms with Crippen LogP contribution in [0.15, 0.2) is 0 Å². The molecule has 0 radical (unpaired) electrons. The molecule has 3 heterocycles. The van der Waals surface area contributed by atoms with E-state index in [1.54, 1.807) is 0 Å². The average molecular weight is 491 g/mol. The third kappa shape index (κ3) is 3.65. The standard InChI is InChI=1S/C30H50O5/c1-19-13-16-30-21(10-12-23(34-30)26(5,6)35-30)27(19,7)17-18-29(32)20(2)9-11-24-28(29,8)15-14-22(31)25(3,4)33-24/h19-21,23-24,32H,9-18H2,1-8H3/t19-,20+,21?,23-,24+,27+,28-,29+,30-/m1/s1. The summed E-state index contributed by atoms with van der Waals surface area (Å²) in [5.74, 6) is 0.751. The van der Waals surface area contributed by atoms with Crippen molar-refractivity contribution >= 4 is 5.78 Å². The number of fused-ring (bicyclic) bond motifs is 2. The Hall–Kier alpha value is -0.490. The summed E-state index contributed by atoms with van der Waals surface area (Å²) in [6, 6.07) is 0. The molecule has 3 aliphatic heterocycles. The van der Waals surface area contributed by atoms with E-state index in [2.05, 4.69) is 41.5 Å². The van der Waals surface area contributed by atoms with Crippen LogP contribution in [-0.2, 0) is 19.0 Å². The van der Waals surface area contributed by atoms with Crippen LogP contribution in [0.3, 0.4) is 0 Å². The van der Waals surface area contributed by atoms with E-state index in [9.17, 15) is 9.90 Å². The molecule has 5 heteroatoms. The summed E-state index contributed by atoms with van der Waals surface area (Å²) in [6.45, 7) is 17.4. The van der Waals surface area contributed by atoms with Gasteiger partial charge in [-0.2, -0.15) is 0 Å². The maximum atomic E-state index is 12.9. The van der Waals surface area contributed by atoms with Gasteiger partial charge in [0.1, 0.15) is 5.60 Å². The third-order valence-electron chi connectivity index (χ3n) is 12.1. The maximum absolute atomic E-state index is 12.9. The van der Waals surface area contributed by atoms with E-state index in [1.807, 2.05) is 13.8 Å². The first kappa shape index (κ1) is 26.1. The Bertz CT molecular complexity index is 867. The largest absolute Gasteiger partial charge is 0.389 e. The minimum atomic E-state index is -0.863. The monoisotopic (exact) mass is 490 g/mol. The fourth-order valence-corrected chi connectivity index (χ4v) is 9.10.